The number of carbonyl (C=O) groups excluding carboxylic acids is 2. The monoisotopic (exact) mass is 199 g/mol. The molecular formula is C10H17NO3. The van der Waals surface area contributed by atoms with Crippen molar-refractivity contribution in [2.45, 2.75) is 38.6 Å². The number of hydrogen-bond acceptors (Lipinski definition) is 3. The third kappa shape index (κ3) is 2.72. The average molecular weight is 199 g/mol. The average Bonchev–Trinajstić information content (AvgIpc) is 2.35. The molecule has 0 aromatic heterocycles. The van der Waals surface area contributed by atoms with Crippen LogP contribution in [0.15, 0.2) is 0 Å². The van der Waals surface area contributed by atoms with E-state index in [0.717, 1.165) is 6.42 Å². The summed E-state index contributed by atoms with van der Waals surface area (Å²) in [4.78, 5) is 22.3. The van der Waals surface area contributed by atoms with E-state index >= 15 is 0 Å². The van der Waals surface area contributed by atoms with E-state index in [9.17, 15) is 9.59 Å². The lowest BCUT2D eigenvalue weighted by molar-refractivity contribution is -0.141. The SMILES string of the molecule is COC(=O)CCC1CC(C)(C)NC1=O. The molecule has 4 nitrogen and oxygen atoms in total. The highest BCUT2D eigenvalue weighted by Crippen LogP contribution is 2.27. The van der Waals surface area contributed by atoms with Crippen LogP contribution in [0, 0.1) is 5.92 Å². The second-order valence-corrected chi connectivity index (χ2v) is 4.39. The molecule has 1 atom stereocenters. The zero-order chi connectivity index (χ0) is 10.8. The van der Waals surface area contributed by atoms with Crippen LogP contribution in [0.3, 0.4) is 0 Å². The van der Waals surface area contributed by atoms with Crippen LogP contribution >= 0.6 is 0 Å². The summed E-state index contributed by atoms with van der Waals surface area (Å²) in [5.41, 5.74) is -0.127. The van der Waals surface area contributed by atoms with E-state index < -0.39 is 0 Å². The minimum absolute atomic E-state index is 0.0379. The van der Waals surface area contributed by atoms with Crippen molar-refractivity contribution in [3.05, 3.63) is 0 Å². The van der Waals surface area contributed by atoms with Gasteiger partial charge in [0, 0.05) is 17.9 Å². The van der Waals surface area contributed by atoms with Gasteiger partial charge in [-0.05, 0) is 26.7 Å². The van der Waals surface area contributed by atoms with Crippen molar-refractivity contribution in [2.75, 3.05) is 7.11 Å². The second-order valence-electron chi connectivity index (χ2n) is 4.39. The van der Waals surface area contributed by atoms with E-state index in [0.29, 0.717) is 12.8 Å². The molecule has 0 bridgehead atoms. The Kier molecular flexibility index (Phi) is 3.13. The standard InChI is InChI=1S/C10H17NO3/c1-10(2)6-7(9(13)11-10)4-5-8(12)14-3/h7H,4-6H2,1-3H3,(H,11,13). The lowest BCUT2D eigenvalue weighted by Crippen LogP contribution is -2.34. The minimum Gasteiger partial charge on any atom is -0.469 e. The molecule has 1 heterocycles. The number of esters is 1. The number of rotatable bonds is 3. The smallest absolute Gasteiger partial charge is 0.305 e. The van der Waals surface area contributed by atoms with Gasteiger partial charge >= 0.3 is 5.97 Å². The Hall–Kier alpha value is -1.06. The highest BCUT2D eigenvalue weighted by molar-refractivity contribution is 5.82. The molecule has 0 aromatic rings. The molecule has 1 N–H and O–H groups in total. The van der Waals surface area contributed by atoms with Gasteiger partial charge in [0.25, 0.3) is 0 Å². The summed E-state index contributed by atoms with van der Waals surface area (Å²) in [6, 6.07) is 0. The minimum atomic E-state index is -0.248. The van der Waals surface area contributed by atoms with Gasteiger partial charge in [-0.1, -0.05) is 0 Å². The number of carbonyl (C=O) groups is 2. The molecule has 0 saturated carbocycles. The summed E-state index contributed by atoms with van der Waals surface area (Å²) in [5.74, 6) is -0.231. The highest BCUT2D eigenvalue weighted by Gasteiger charge is 2.36. The molecule has 1 rings (SSSR count). The van der Waals surface area contributed by atoms with Crippen LogP contribution in [-0.4, -0.2) is 24.5 Å². The van der Waals surface area contributed by atoms with Crippen molar-refractivity contribution in [1.29, 1.82) is 0 Å². The van der Waals surface area contributed by atoms with Crippen molar-refractivity contribution in [3.63, 3.8) is 0 Å². The number of nitrogens with one attached hydrogen (secondary N) is 1. The number of amides is 1. The number of ether oxygens (including phenoxy) is 1. The third-order valence-electron chi connectivity index (χ3n) is 2.51. The van der Waals surface area contributed by atoms with Gasteiger partial charge in [0.05, 0.1) is 7.11 Å². The topological polar surface area (TPSA) is 55.4 Å². The fourth-order valence-electron chi connectivity index (χ4n) is 1.82. The van der Waals surface area contributed by atoms with Crippen LogP contribution < -0.4 is 5.32 Å². The van der Waals surface area contributed by atoms with Crippen molar-refractivity contribution in [3.8, 4) is 0 Å². The Balaban J connectivity index is 2.40. The first kappa shape index (κ1) is 11.0. The van der Waals surface area contributed by atoms with Gasteiger partial charge in [-0.15, -0.1) is 0 Å². The van der Waals surface area contributed by atoms with Gasteiger partial charge in [-0.25, -0.2) is 0 Å². The fraction of sp³-hybridized carbons (Fsp3) is 0.800. The highest BCUT2D eigenvalue weighted by atomic mass is 16.5. The molecule has 0 aromatic carbocycles. The molecule has 1 aliphatic rings. The zero-order valence-corrected chi connectivity index (χ0v) is 8.92. The molecular weight excluding hydrogens is 182 g/mol. The Bertz CT molecular complexity index is 248. The molecule has 1 fully saturated rings. The van der Waals surface area contributed by atoms with Gasteiger partial charge in [0.1, 0.15) is 0 Å². The number of hydrogen-bond donors (Lipinski definition) is 1. The fourth-order valence-corrected chi connectivity index (χ4v) is 1.82. The van der Waals surface area contributed by atoms with Gasteiger partial charge < -0.3 is 10.1 Å². The van der Waals surface area contributed by atoms with Gasteiger partial charge in [0.2, 0.25) is 5.91 Å². The van der Waals surface area contributed by atoms with Crippen LogP contribution in [0.4, 0.5) is 0 Å². The van der Waals surface area contributed by atoms with Crippen LogP contribution in [0.5, 0.6) is 0 Å². The van der Waals surface area contributed by atoms with Gasteiger partial charge in [-0.3, -0.25) is 9.59 Å². The van der Waals surface area contributed by atoms with Gasteiger partial charge in [0.15, 0.2) is 0 Å². The summed E-state index contributed by atoms with van der Waals surface area (Å²) in [6.45, 7) is 3.98. The maximum absolute atomic E-state index is 11.4. The predicted molar refractivity (Wildman–Crippen MR) is 51.6 cm³/mol. The van der Waals surface area contributed by atoms with E-state index in [1.807, 2.05) is 13.8 Å². The molecule has 1 unspecified atom stereocenters. The molecule has 1 saturated heterocycles. The van der Waals surface area contributed by atoms with Crippen molar-refractivity contribution < 1.29 is 14.3 Å². The second kappa shape index (κ2) is 3.98. The van der Waals surface area contributed by atoms with E-state index in [1.165, 1.54) is 7.11 Å². The van der Waals surface area contributed by atoms with E-state index in [-0.39, 0.29) is 23.3 Å². The summed E-state index contributed by atoms with van der Waals surface area (Å²) in [6.07, 6.45) is 1.70. The zero-order valence-electron chi connectivity index (χ0n) is 8.92. The lowest BCUT2D eigenvalue weighted by atomic mass is 9.93. The van der Waals surface area contributed by atoms with Crippen molar-refractivity contribution >= 4 is 11.9 Å². The summed E-state index contributed by atoms with van der Waals surface area (Å²) in [7, 11) is 1.36. The maximum atomic E-state index is 11.4. The van der Waals surface area contributed by atoms with E-state index in [1.54, 1.807) is 0 Å². The van der Waals surface area contributed by atoms with Gasteiger partial charge in [-0.2, -0.15) is 0 Å². The maximum Gasteiger partial charge on any atom is 0.305 e. The predicted octanol–water partition coefficient (Wildman–Crippen LogP) is 0.854. The molecule has 0 spiro atoms. The van der Waals surface area contributed by atoms with E-state index in [2.05, 4.69) is 10.1 Å². The molecule has 0 aliphatic carbocycles. The largest absolute Gasteiger partial charge is 0.469 e. The molecule has 80 valence electrons. The van der Waals surface area contributed by atoms with Crippen LogP contribution in [-0.2, 0) is 14.3 Å². The Morgan fingerprint density at radius 1 is 1.64 bits per heavy atom. The summed E-state index contributed by atoms with van der Waals surface area (Å²) in [5, 5.41) is 2.89. The molecule has 4 heteroatoms. The van der Waals surface area contributed by atoms with Crippen LogP contribution in [0.25, 0.3) is 0 Å². The lowest BCUT2D eigenvalue weighted by Gasteiger charge is -2.16. The summed E-state index contributed by atoms with van der Waals surface area (Å²) >= 11 is 0. The Morgan fingerprint density at radius 3 is 2.71 bits per heavy atom. The first-order valence-corrected chi connectivity index (χ1v) is 4.83. The molecule has 0 radical (unpaired) electrons. The number of methoxy groups -OCH3 is 1. The Labute approximate surface area is 84.0 Å². The third-order valence-corrected chi connectivity index (χ3v) is 2.51. The Morgan fingerprint density at radius 2 is 2.29 bits per heavy atom. The normalized spacial score (nSPS) is 24.5. The molecule has 1 aliphatic heterocycles. The van der Waals surface area contributed by atoms with E-state index in [4.69, 9.17) is 0 Å². The summed E-state index contributed by atoms with van der Waals surface area (Å²) < 4.78 is 4.53. The first-order valence-electron chi connectivity index (χ1n) is 4.83. The van der Waals surface area contributed by atoms with Crippen molar-refractivity contribution in [2.24, 2.45) is 5.92 Å². The van der Waals surface area contributed by atoms with Crippen LogP contribution in [0.1, 0.15) is 33.1 Å². The quantitative estimate of drug-likeness (QED) is 0.686. The first-order chi connectivity index (χ1) is 6.44. The molecule has 14 heavy (non-hydrogen) atoms. The van der Waals surface area contributed by atoms with Crippen LogP contribution in [0.2, 0.25) is 0 Å². The molecule has 1 amide bonds. The van der Waals surface area contributed by atoms with Crippen molar-refractivity contribution in [1.82, 2.24) is 5.32 Å².